The molecule has 0 aliphatic carbocycles. The van der Waals surface area contributed by atoms with Gasteiger partial charge in [-0.05, 0) is 42.8 Å². The monoisotopic (exact) mass is 403 g/mol. The zero-order valence-corrected chi connectivity index (χ0v) is 16.4. The van der Waals surface area contributed by atoms with Gasteiger partial charge in [0, 0.05) is 29.5 Å². The predicted octanol–water partition coefficient (Wildman–Crippen LogP) is 4.82. The lowest BCUT2D eigenvalue weighted by molar-refractivity contribution is 0.0942. The van der Waals surface area contributed by atoms with Gasteiger partial charge in [0.15, 0.2) is 0 Å². The van der Waals surface area contributed by atoms with Crippen molar-refractivity contribution in [2.24, 2.45) is 0 Å². The first-order valence-corrected chi connectivity index (χ1v) is 9.46. The first-order valence-electron chi connectivity index (χ1n) is 9.08. The van der Waals surface area contributed by atoms with Gasteiger partial charge >= 0.3 is 0 Å². The molecule has 144 valence electrons. The molecule has 1 atom stereocenters. The molecular formula is C23H18ClN3O2. The number of nitrogens with zero attached hydrogens (tertiary/aromatic N) is 2. The van der Waals surface area contributed by atoms with E-state index in [0.29, 0.717) is 27.1 Å². The highest BCUT2D eigenvalue weighted by molar-refractivity contribution is 6.35. The number of carbonyl (C=O) groups excluding carboxylic acids is 1. The highest BCUT2D eigenvalue weighted by Gasteiger charge is 2.24. The van der Waals surface area contributed by atoms with Gasteiger partial charge in [-0.25, -0.2) is 0 Å². The summed E-state index contributed by atoms with van der Waals surface area (Å²) in [5, 5.41) is 15.1. The van der Waals surface area contributed by atoms with Crippen LogP contribution in [0.25, 0.3) is 10.9 Å². The van der Waals surface area contributed by atoms with Crippen molar-refractivity contribution in [3.63, 3.8) is 0 Å². The number of fused-ring (bicyclic) bond motifs is 1. The Morgan fingerprint density at radius 3 is 2.59 bits per heavy atom. The van der Waals surface area contributed by atoms with E-state index in [1.54, 1.807) is 42.7 Å². The molecule has 1 amide bonds. The van der Waals surface area contributed by atoms with Crippen molar-refractivity contribution in [3.05, 3.63) is 100 Å². The van der Waals surface area contributed by atoms with Crippen LogP contribution in [0.2, 0.25) is 5.02 Å². The van der Waals surface area contributed by atoms with E-state index in [4.69, 9.17) is 11.6 Å². The van der Waals surface area contributed by atoms with Crippen LogP contribution in [0, 0.1) is 6.92 Å². The normalized spacial score (nSPS) is 11.9. The molecule has 2 N–H and O–H groups in total. The van der Waals surface area contributed by atoms with E-state index in [1.165, 1.54) is 6.20 Å². The second kappa shape index (κ2) is 7.89. The summed E-state index contributed by atoms with van der Waals surface area (Å²) in [6.07, 6.45) is 4.70. The van der Waals surface area contributed by atoms with E-state index in [-0.39, 0.29) is 11.7 Å². The number of benzene rings is 2. The quantitative estimate of drug-likeness (QED) is 0.512. The van der Waals surface area contributed by atoms with Crippen LogP contribution in [-0.2, 0) is 0 Å². The maximum atomic E-state index is 12.8. The molecule has 4 rings (SSSR count). The smallest absolute Gasteiger partial charge is 0.253 e. The van der Waals surface area contributed by atoms with Crippen LogP contribution < -0.4 is 5.32 Å². The fourth-order valence-corrected chi connectivity index (χ4v) is 3.51. The number of carbonyl (C=O) groups is 1. The number of amides is 1. The van der Waals surface area contributed by atoms with Crippen LogP contribution in [0.1, 0.15) is 33.1 Å². The minimum absolute atomic E-state index is 0.0120. The summed E-state index contributed by atoms with van der Waals surface area (Å²) in [5.41, 5.74) is 3.20. The maximum Gasteiger partial charge on any atom is 0.253 e. The van der Waals surface area contributed by atoms with Crippen LogP contribution in [0.3, 0.4) is 0 Å². The molecule has 0 bridgehead atoms. The van der Waals surface area contributed by atoms with Gasteiger partial charge in [0.1, 0.15) is 11.3 Å². The number of hydrogen-bond donors (Lipinski definition) is 2. The number of aromatic hydroxyl groups is 1. The zero-order valence-electron chi connectivity index (χ0n) is 15.6. The van der Waals surface area contributed by atoms with E-state index >= 15 is 0 Å². The molecule has 2 aromatic heterocycles. The molecule has 6 heteroatoms. The number of rotatable bonds is 4. The fraction of sp³-hybridized carbons (Fsp3) is 0.0870. The molecule has 0 unspecified atom stereocenters. The maximum absolute atomic E-state index is 12.8. The number of aromatic nitrogens is 2. The largest absolute Gasteiger partial charge is 0.505 e. The van der Waals surface area contributed by atoms with Crippen LogP contribution in [0.5, 0.6) is 5.75 Å². The molecule has 0 spiro atoms. The molecule has 0 aliphatic rings. The van der Waals surface area contributed by atoms with Gasteiger partial charge in [-0.3, -0.25) is 14.8 Å². The van der Waals surface area contributed by atoms with Gasteiger partial charge in [0.25, 0.3) is 5.91 Å². The van der Waals surface area contributed by atoms with Crippen molar-refractivity contribution < 1.29 is 9.90 Å². The summed E-state index contributed by atoms with van der Waals surface area (Å²) in [7, 11) is 0. The third-order valence-electron chi connectivity index (χ3n) is 4.77. The first kappa shape index (κ1) is 18.9. The molecule has 0 aliphatic heterocycles. The minimum Gasteiger partial charge on any atom is -0.505 e. The van der Waals surface area contributed by atoms with Crippen molar-refractivity contribution in [2.75, 3.05) is 0 Å². The molecular weight excluding hydrogens is 386 g/mol. The minimum atomic E-state index is -0.618. The lowest BCUT2D eigenvalue weighted by atomic mass is 9.95. The van der Waals surface area contributed by atoms with Gasteiger partial charge in [-0.15, -0.1) is 0 Å². The number of phenolic OH excluding ortho intramolecular Hbond substituents is 1. The van der Waals surface area contributed by atoms with Crippen LogP contribution >= 0.6 is 11.6 Å². The van der Waals surface area contributed by atoms with Gasteiger partial charge in [-0.2, -0.15) is 0 Å². The summed E-state index contributed by atoms with van der Waals surface area (Å²) in [6.45, 7) is 1.99. The molecule has 5 nitrogen and oxygen atoms in total. The summed E-state index contributed by atoms with van der Waals surface area (Å²) >= 11 is 6.47. The highest BCUT2D eigenvalue weighted by atomic mass is 35.5. The van der Waals surface area contributed by atoms with Crippen LogP contribution in [-0.4, -0.2) is 21.0 Å². The van der Waals surface area contributed by atoms with Crippen molar-refractivity contribution in [1.82, 2.24) is 15.3 Å². The Kier molecular flexibility index (Phi) is 5.14. The Bertz CT molecular complexity index is 1180. The Hall–Kier alpha value is -3.44. The number of pyridine rings is 2. The van der Waals surface area contributed by atoms with E-state index in [1.807, 2.05) is 31.2 Å². The second-order valence-corrected chi connectivity index (χ2v) is 7.16. The highest BCUT2D eigenvalue weighted by Crippen LogP contribution is 2.38. The van der Waals surface area contributed by atoms with E-state index in [9.17, 15) is 9.90 Å². The summed E-state index contributed by atoms with van der Waals surface area (Å²) in [4.78, 5) is 21.1. The Morgan fingerprint density at radius 1 is 1.10 bits per heavy atom. The van der Waals surface area contributed by atoms with Gasteiger partial charge < -0.3 is 10.4 Å². The number of aryl methyl sites for hydroxylation is 1. The average Bonchev–Trinajstić information content (AvgIpc) is 2.76. The predicted molar refractivity (Wildman–Crippen MR) is 113 cm³/mol. The molecule has 0 fully saturated rings. The number of halogens is 1. The Balaban J connectivity index is 1.84. The van der Waals surface area contributed by atoms with E-state index in [2.05, 4.69) is 15.3 Å². The third-order valence-corrected chi connectivity index (χ3v) is 5.08. The number of phenols is 1. The van der Waals surface area contributed by atoms with Crippen molar-refractivity contribution in [2.45, 2.75) is 13.0 Å². The molecule has 0 saturated carbocycles. The fourth-order valence-electron chi connectivity index (χ4n) is 3.24. The first-order chi connectivity index (χ1) is 14.0. The van der Waals surface area contributed by atoms with Crippen molar-refractivity contribution in [3.8, 4) is 5.75 Å². The molecule has 4 aromatic rings. The SMILES string of the molecule is Cc1ccc([C@@H](NC(=O)c2cccnc2)c2cc(Cl)c3cccnc3c2O)cc1. The molecule has 0 radical (unpaired) electrons. The van der Waals surface area contributed by atoms with Gasteiger partial charge in [0.05, 0.1) is 16.6 Å². The number of nitrogens with one attached hydrogen (secondary N) is 1. The molecule has 0 saturated heterocycles. The van der Waals surface area contributed by atoms with Gasteiger partial charge in [-0.1, -0.05) is 41.4 Å². The zero-order chi connectivity index (χ0) is 20.4. The Labute approximate surface area is 173 Å². The molecule has 2 aromatic carbocycles. The third kappa shape index (κ3) is 3.77. The van der Waals surface area contributed by atoms with E-state index < -0.39 is 6.04 Å². The standard InChI is InChI=1S/C23H18ClN3O2/c1-14-6-8-15(9-7-14)20(27-23(29)16-4-2-10-25-13-16)18-12-19(24)17-5-3-11-26-21(17)22(18)28/h2-13,20,28H,1H3,(H,27,29)/t20-/m1/s1. The summed E-state index contributed by atoms with van der Waals surface area (Å²) in [6, 6.07) is 15.7. The van der Waals surface area contributed by atoms with Crippen LogP contribution in [0.15, 0.2) is 73.2 Å². The molecule has 2 heterocycles. The van der Waals surface area contributed by atoms with Gasteiger partial charge in [0.2, 0.25) is 0 Å². The number of hydrogen-bond acceptors (Lipinski definition) is 4. The Morgan fingerprint density at radius 2 is 1.86 bits per heavy atom. The van der Waals surface area contributed by atoms with Crippen LogP contribution in [0.4, 0.5) is 0 Å². The average molecular weight is 404 g/mol. The lowest BCUT2D eigenvalue weighted by Gasteiger charge is -2.22. The molecule has 29 heavy (non-hydrogen) atoms. The van der Waals surface area contributed by atoms with E-state index in [0.717, 1.165) is 11.1 Å². The van der Waals surface area contributed by atoms with Crippen molar-refractivity contribution >= 4 is 28.4 Å². The lowest BCUT2D eigenvalue weighted by Crippen LogP contribution is -2.29. The van der Waals surface area contributed by atoms with Crippen molar-refractivity contribution in [1.29, 1.82) is 0 Å². The topological polar surface area (TPSA) is 75.1 Å². The summed E-state index contributed by atoms with van der Waals surface area (Å²) < 4.78 is 0. The summed E-state index contributed by atoms with van der Waals surface area (Å²) in [5.74, 6) is -0.317. The second-order valence-electron chi connectivity index (χ2n) is 6.75.